The summed E-state index contributed by atoms with van der Waals surface area (Å²) in [6.07, 6.45) is 3.73. The maximum atomic E-state index is 13.2. The summed E-state index contributed by atoms with van der Waals surface area (Å²) in [5.41, 5.74) is -0.454. The number of nitrogens with one attached hydrogen (secondary N) is 1. The van der Waals surface area contributed by atoms with Crippen LogP contribution in [-0.2, 0) is 14.8 Å². The molecule has 1 aromatic carbocycles. The minimum Gasteiger partial charge on any atom is -0.448 e. The Bertz CT molecular complexity index is 809. The number of benzene rings is 1. The largest absolute Gasteiger partial charge is 0.448 e. The molecule has 0 saturated heterocycles. The van der Waals surface area contributed by atoms with Crippen LogP contribution in [0.1, 0.15) is 64.9 Å². The fraction of sp³-hybridized carbons (Fsp3) is 0.682. The molecule has 1 aliphatic rings. The van der Waals surface area contributed by atoms with Gasteiger partial charge >= 0.3 is 6.09 Å². The highest BCUT2D eigenvalue weighted by Crippen LogP contribution is 2.34. The van der Waals surface area contributed by atoms with E-state index in [-0.39, 0.29) is 17.9 Å². The van der Waals surface area contributed by atoms with Crippen molar-refractivity contribution in [3.63, 3.8) is 0 Å². The molecule has 1 fully saturated rings. The van der Waals surface area contributed by atoms with Crippen molar-refractivity contribution in [1.29, 1.82) is 0 Å². The van der Waals surface area contributed by atoms with Crippen LogP contribution >= 0.6 is 0 Å². The van der Waals surface area contributed by atoms with E-state index >= 15 is 0 Å². The van der Waals surface area contributed by atoms with Gasteiger partial charge in [-0.2, -0.15) is 4.31 Å². The van der Waals surface area contributed by atoms with E-state index in [2.05, 4.69) is 5.32 Å². The standard InChI is InChI=1S/C22H36N2O5S/c1-17-9-11-19(12-10-17)30(27,28)24(5)18(15-22(26)13-7-6-8-14-22)16-29-20(25)23-21(2,3)4/h9-12,18,26H,6-8,13-16H2,1-5H3,(H,23,25). The van der Waals surface area contributed by atoms with Crippen molar-refractivity contribution in [3.8, 4) is 0 Å². The van der Waals surface area contributed by atoms with Gasteiger partial charge in [0.25, 0.3) is 0 Å². The highest BCUT2D eigenvalue weighted by Gasteiger charge is 2.37. The number of amides is 1. The summed E-state index contributed by atoms with van der Waals surface area (Å²) in [7, 11) is -2.32. The molecule has 1 atom stereocenters. The zero-order valence-corrected chi connectivity index (χ0v) is 19.6. The van der Waals surface area contributed by atoms with Gasteiger partial charge in [0.05, 0.1) is 16.5 Å². The van der Waals surface area contributed by atoms with E-state index in [9.17, 15) is 18.3 Å². The Morgan fingerprint density at radius 1 is 1.20 bits per heavy atom. The third-order valence-corrected chi connectivity index (χ3v) is 7.42. The first-order valence-corrected chi connectivity index (χ1v) is 12.0. The third kappa shape index (κ3) is 6.96. The molecule has 8 heteroatoms. The summed E-state index contributed by atoms with van der Waals surface area (Å²) in [4.78, 5) is 12.3. The summed E-state index contributed by atoms with van der Waals surface area (Å²) in [5, 5.41) is 13.7. The van der Waals surface area contributed by atoms with E-state index < -0.39 is 33.3 Å². The highest BCUT2D eigenvalue weighted by atomic mass is 32.2. The van der Waals surface area contributed by atoms with Crippen LogP contribution < -0.4 is 5.32 Å². The Kier molecular flexibility index (Phi) is 7.93. The van der Waals surface area contributed by atoms with Gasteiger partial charge in [0.2, 0.25) is 10.0 Å². The molecule has 170 valence electrons. The van der Waals surface area contributed by atoms with E-state index in [4.69, 9.17) is 4.74 Å². The third-order valence-electron chi connectivity index (χ3n) is 5.50. The van der Waals surface area contributed by atoms with Crippen LogP contribution in [0.2, 0.25) is 0 Å². The zero-order valence-electron chi connectivity index (χ0n) is 18.8. The van der Waals surface area contributed by atoms with Crippen LogP contribution in [0.4, 0.5) is 4.79 Å². The van der Waals surface area contributed by atoms with Gasteiger partial charge in [0, 0.05) is 12.6 Å². The summed E-state index contributed by atoms with van der Waals surface area (Å²) >= 11 is 0. The van der Waals surface area contributed by atoms with Crippen LogP contribution in [0, 0.1) is 6.92 Å². The van der Waals surface area contributed by atoms with Crippen LogP contribution in [0.25, 0.3) is 0 Å². The molecule has 1 amide bonds. The lowest BCUT2D eigenvalue weighted by Gasteiger charge is -2.37. The van der Waals surface area contributed by atoms with Gasteiger partial charge in [0.15, 0.2) is 0 Å². The molecule has 1 aromatic rings. The molecule has 0 aliphatic heterocycles. The van der Waals surface area contributed by atoms with E-state index in [1.807, 2.05) is 27.7 Å². The topological polar surface area (TPSA) is 95.9 Å². The molecule has 0 aromatic heterocycles. The lowest BCUT2D eigenvalue weighted by atomic mass is 9.80. The molecule has 1 unspecified atom stereocenters. The van der Waals surface area contributed by atoms with Gasteiger partial charge in [-0.25, -0.2) is 13.2 Å². The number of carbonyl (C=O) groups is 1. The van der Waals surface area contributed by atoms with Gasteiger partial charge in [-0.15, -0.1) is 0 Å². The van der Waals surface area contributed by atoms with Crippen molar-refractivity contribution in [3.05, 3.63) is 29.8 Å². The second-order valence-corrected chi connectivity index (χ2v) is 11.4. The number of nitrogens with zero attached hydrogens (tertiary/aromatic N) is 1. The molecule has 2 N–H and O–H groups in total. The van der Waals surface area contributed by atoms with Crippen molar-refractivity contribution in [2.45, 2.75) is 88.3 Å². The number of hydrogen-bond donors (Lipinski definition) is 2. The van der Waals surface area contributed by atoms with E-state index in [0.29, 0.717) is 12.8 Å². The van der Waals surface area contributed by atoms with Crippen molar-refractivity contribution in [2.75, 3.05) is 13.7 Å². The van der Waals surface area contributed by atoms with E-state index in [0.717, 1.165) is 24.8 Å². The van der Waals surface area contributed by atoms with Crippen LogP contribution in [0.3, 0.4) is 0 Å². The number of alkyl carbamates (subject to hydrolysis) is 1. The number of carbonyl (C=O) groups excluding carboxylic acids is 1. The summed E-state index contributed by atoms with van der Waals surface area (Å²) in [6, 6.07) is 5.96. The lowest BCUT2D eigenvalue weighted by Crippen LogP contribution is -2.48. The molecule has 0 heterocycles. The average molecular weight is 441 g/mol. The Morgan fingerprint density at radius 3 is 2.30 bits per heavy atom. The number of sulfonamides is 1. The normalized spacial score (nSPS) is 18.1. The number of likely N-dealkylation sites (N-methyl/N-ethyl adjacent to an activating group) is 1. The van der Waals surface area contributed by atoms with Crippen molar-refractivity contribution in [2.24, 2.45) is 0 Å². The minimum atomic E-state index is -3.80. The predicted octanol–water partition coefficient (Wildman–Crippen LogP) is 3.59. The van der Waals surface area contributed by atoms with Crippen LogP contribution in [0.5, 0.6) is 0 Å². The van der Waals surface area contributed by atoms with Gasteiger partial charge < -0.3 is 15.2 Å². The van der Waals surface area contributed by atoms with E-state index in [1.165, 1.54) is 11.4 Å². The van der Waals surface area contributed by atoms with Crippen molar-refractivity contribution in [1.82, 2.24) is 9.62 Å². The van der Waals surface area contributed by atoms with Gasteiger partial charge in [0.1, 0.15) is 6.61 Å². The predicted molar refractivity (Wildman–Crippen MR) is 117 cm³/mol. The monoisotopic (exact) mass is 440 g/mol. The summed E-state index contributed by atoms with van der Waals surface area (Å²) in [5.74, 6) is 0. The quantitative estimate of drug-likeness (QED) is 0.675. The molecule has 0 spiro atoms. The fourth-order valence-corrected chi connectivity index (χ4v) is 5.07. The van der Waals surface area contributed by atoms with Crippen LogP contribution in [0.15, 0.2) is 29.2 Å². The highest BCUT2D eigenvalue weighted by molar-refractivity contribution is 7.89. The summed E-state index contributed by atoms with van der Waals surface area (Å²) < 4.78 is 33.0. The van der Waals surface area contributed by atoms with E-state index in [1.54, 1.807) is 24.3 Å². The molecule has 1 saturated carbocycles. The van der Waals surface area contributed by atoms with Crippen molar-refractivity contribution >= 4 is 16.1 Å². The lowest BCUT2D eigenvalue weighted by molar-refractivity contribution is -0.0255. The Labute approximate surface area is 180 Å². The maximum Gasteiger partial charge on any atom is 0.407 e. The Hall–Kier alpha value is -1.64. The number of ether oxygens (including phenoxy) is 1. The number of rotatable bonds is 7. The number of aryl methyl sites for hydroxylation is 1. The smallest absolute Gasteiger partial charge is 0.407 e. The second kappa shape index (κ2) is 9.66. The molecule has 7 nitrogen and oxygen atoms in total. The van der Waals surface area contributed by atoms with Gasteiger partial charge in [-0.1, -0.05) is 37.0 Å². The average Bonchev–Trinajstić information content (AvgIpc) is 2.64. The maximum absolute atomic E-state index is 13.2. The first-order valence-electron chi connectivity index (χ1n) is 10.5. The number of hydrogen-bond acceptors (Lipinski definition) is 5. The zero-order chi connectivity index (χ0) is 22.6. The molecule has 0 radical (unpaired) electrons. The molecule has 30 heavy (non-hydrogen) atoms. The van der Waals surface area contributed by atoms with Crippen LogP contribution in [-0.4, -0.2) is 54.8 Å². The molecule has 0 bridgehead atoms. The molecule has 1 aliphatic carbocycles. The van der Waals surface area contributed by atoms with Crippen molar-refractivity contribution < 1.29 is 23.1 Å². The first-order chi connectivity index (χ1) is 13.8. The Morgan fingerprint density at radius 2 is 1.77 bits per heavy atom. The van der Waals surface area contributed by atoms with Gasteiger partial charge in [-0.3, -0.25) is 0 Å². The molecule has 2 rings (SSSR count). The number of aliphatic hydroxyl groups is 1. The second-order valence-electron chi connectivity index (χ2n) is 9.45. The molecular formula is C22H36N2O5S. The Balaban J connectivity index is 2.22. The summed E-state index contributed by atoms with van der Waals surface area (Å²) in [6.45, 7) is 7.27. The first kappa shape index (κ1) is 24.6. The van der Waals surface area contributed by atoms with Gasteiger partial charge in [-0.05, 0) is 59.1 Å². The fourth-order valence-electron chi connectivity index (χ4n) is 3.73. The SMILES string of the molecule is Cc1ccc(S(=O)(=O)N(C)C(COC(=O)NC(C)(C)C)CC2(O)CCCCC2)cc1. The molecular weight excluding hydrogens is 404 g/mol. The minimum absolute atomic E-state index is 0.133.